The van der Waals surface area contributed by atoms with Crippen molar-refractivity contribution in [3.8, 4) is 0 Å². The van der Waals surface area contributed by atoms with Gasteiger partial charge in [0.1, 0.15) is 0 Å². The Labute approximate surface area is 201 Å². The average Bonchev–Trinajstić information content (AvgIpc) is 2.76. The van der Waals surface area contributed by atoms with E-state index in [1.807, 2.05) is 51.1 Å². The van der Waals surface area contributed by atoms with Gasteiger partial charge in [0.15, 0.2) is 0 Å². The molecule has 3 rings (SSSR count). The molecule has 0 unspecified atom stereocenters. The van der Waals surface area contributed by atoms with Gasteiger partial charge in [0, 0.05) is 16.3 Å². The molecule has 0 aliphatic heterocycles. The SMILES string of the molecule is Cc1ccc(N(Cc2ccc(NC(=O)c3cc(Cl)ccc3C)cc2)S(=O)(=O)C(C)C)cc1C. The normalized spacial score (nSPS) is 11.5. The lowest BCUT2D eigenvalue weighted by atomic mass is 10.1. The molecule has 0 aromatic heterocycles. The van der Waals surface area contributed by atoms with Crippen molar-refractivity contribution in [3.05, 3.63) is 93.5 Å². The highest BCUT2D eigenvalue weighted by Crippen LogP contribution is 2.26. The summed E-state index contributed by atoms with van der Waals surface area (Å²) in [7, 11) is -3.54. The molecule has 5 nitrogen and oxygen atoms in total. The molecule has 0 atom stereocenters. The van der Waals surface area contributed by atoms with Gasteiger partial charge in [-0.25, -0.2) is 8.42 Å². The number of hydrogen-bond acceptors (Lipinski definition) is 3. The maximum atomic E-state index is 13.1. The van der Waals surface area contributed by atoms with E-state index in [-0.39, 0.29) is 12.5 Å². The van der Waals surface area contributed by atoms with Crippen molar-refractivity contribution in [3.63, 3.8) is 0 Å². The molecule has 0 bridgehead atoms. The van der Waals surface area contributed by atoms with E-state index in [9.17, 15) is 13.2 Å². The number of amides is 1. The van der Waals surface area contributed by atoms with E-state index in [1.165, 1.54) is 4.31 Å². The number of anilines is 2. The second-order valence-electron chi connectivity index (χ2n) is 8.48. The lowest BCUT2D eigenvalue weighted by Gasteiger charge is -2.27. The number of sulfonamides is 1. The van der Waals surface area contributed by atoms with Gasteiger partial charge in [-0.3, -0.25) is 9.10 Å². The molecule has 0 aliphatic carbocycles. The number of carbonyl (C=O) groups is 1. The molecule has 0 saturated heterocycles. The topological polar surface area (TPSA) is 66.5 Å². The van der Waals surface area contributed by atoms with Crippen molar-refractivity contribution < 1.29 is 13.2 Å². The number of carbonyl (C=O) groups excluding carboxylic acids is 1. The van der Waals surface area contributed by atoms with Crippen LogP contribution in [0.4, 0.5) is 11.4 Å². The predicted molar refractivity (Wildman–Crippen MR) is 137 cm³/mol. The van der Waals surface area contributed by atoms with Crippen LogP contribution in [0, 0.1) is 20.8 Å². The van der Waals surface area contributed by atoms with Crippen LogP contribution in [-0.2, 0) is 16.6 Å². The first-order valence-corrected chi connectivity index (χ1v) is 12.6. The van der Waals surface area contributed by atoms with Crippen molar-refractivity contribution in [2.45, 2.75) is 46.4 Å². The third-order valence-electron chi connectivity index (χ3n) is 5.66. The van der Waals surface area contributed by atoms with E-state index in [2.05, 4.69) is 5.32 Å². The Morgan fingerprint density at radius 3 is 2.15 bits per heavy atom. The zero-order valence-electron chi connectivity index (χ0n) is 19.5. The summed E-state index contributed by atoms with van der Waals surface area (Å²) in [5.41, 5.74) is 5.55. The Kier molecular flexibility index (Phi) is 7.50. The molecule has 174 valence electrons. The number of benzene rings is 3. The minimum Gasteiger partial charge on any atom is -0.322 e. The third-order valence-corrected chi connectivity index (χ3v) is 8.04. The summed E-state index contributed by atoms with van der Waals surface area (Å²) >= 11 is 6.03. The number of nitrogens with one attached hydrogen (secondary N) is 1. The Hall–Kier alpha value is -2.83. The minimum atomic E-state index is -3.54. The number of nitrogens with zero attached hydrogens (tertiary/aromatic N) is 1. The fraction of sp³-hybridized carbons (Fsp3) is 0.269. The quantitative estimate of drug-likeness (QED) is 0.430. The highest BCUT2D eigenvalue weighted by Gasteiger charge is 2.26. The van der Waals surface area contributed by atoms with Crippen molar-refractivity contribution in [2.75, 3.05) is 9.62 Å². The van der Waals surface area contributed by atoms with Gasteiger partial charge in [0.2, 0.25) is 10.0 Å². The third kappa shape index (κ3) is 5.75. The number of rotatable bonds is 7. The van der Waals surface area contributed by atoms with Crippen LogP contribution >= 0.6 is 11.6 Å². The average molecular weight is 485 g/mol. The molecular formula is C26H29ClN2O3S. The standard InChI is InChI=1S/C26H29ClN2O3S/c1-17(2)33(31,32)29(24-13-7-18(3)20(5)14-24)16-21-8-11-23(12-9-21)28-26(30)25-15-22(27)10-6-19(25)4/h6-15,17H,16H2,1-5H3,(H,28,30). The van der Waals surface area contributed by atoms with Crippen LogP contribution < -0.4 is 9.62 Å². The van der Waals surface area contributed by atoms with Gasteiger partial charge >= 0.3 is 0 Å². The summed E-state index contributed by atoms with van der Waals surface area (Å²) in [5, 5.41) is 2.81. The molecule has 0 fully saturated rings. The number of halogens is 1. The predicted octanol–water partition coefficient (Wildman–Crippen LogP) is 6.26. The monoisotopic (exact) mass is 484 g/mol. The van der Waals surface area contributed by atoms with Gasteiger partial charge < -0.3 is 5.32 Å². The molecule has 33 heavy (non-hydrogen) atoms. The van der Waals surface area contributed by atoms with Gasteiger partial charge in [-0.15, -0.1) is 0 Å². The summed E-state index contributed by atoms with van der Waals surface area (Å²) < 4.78 is 27.7. The molecule has 1 amide bonds. The Morgan fingerprint density at radius 1 is 0.909 bits per heavy atom. The molecule has 0 saturated carbocycles. The fourth-order valence-electron chi connectivity index (χ4n) is 3.36. The molecule has 1 N–H and O–H groups in total. The van der Waals surface area contributed by atoms with E-state index in [4.69, 9.17) is 11.6 Å². The van der Waals surface area contributed by atoms with Crippen LogP contribution in [0.25, 0.3) is 0 Å². The molecule has 0 radical (unpaired) electrons. The Balaban J connectivity index is 1.84. The number of hydrogen-bond donors (Lipinski definition) is 1. The van der Waals surface area contributed by atoms with Gasteiger partial charge in [0.05, 0.1) is 17.5 Å². The second kappa shape index (κ2) is 9.98. The molecule has 3 aromatic rings. The van der Waals surface area contributed by atoms with Crippen LogP contribution in [0.2, 0.25) is 5.02 Å². The van der Waals surface area contributed by atoms with Crippen molar-refractivity contribution >= 4 is 38.9 Å². The molecule has 0 spiro atoms. The molecule has 0 heterocycles. The molecule has 3 aromatic carbocycles. The van der Waals surface area contributed by atoms with Gasteiger partial charge in [0.25, 0.3) is 5.91 Å². The summed E-state index contributed by atoms with van der Waals surface area (Å²) in [6.07, 6.45) is 0. The smallest absolute Gasteiger partial charge is 0.255 e. The minimum absolute atomic E-state index is 0.199. The van der Waals surface area contributed by atoms with Crippen LogP contribution in [0.3, 0.4) is 0 Å². The highest BCUT2D eigenvalue weighted by atomic mass is 35.5. The van der Waals surface area contributed by atoms with Crippen molar-refractivity contribution in [1.82, 2.24) is 0 Å². The molecule has 7 heteroatoms. The lowest BCUT2D eigenvalue weighted by Crippen LogP contribution is -2.36. The van der Waals surface area contributed by atoms with Crippen LogP contribution in [0.1, 0.15) is 46.5 Å². The summed E-state index contributed by atoms with van der Waals surface area (Å²) in [4.78, 5) is 12.6. The first kappa shape index (κ1) is 24.8. The zero-order chi connectivity index (χ0) is 24.3. The lowest BCUT2D eigenvalue weighted by molar-refractivity contribution is 0.102. The van der Waals surface area contributed by atoms with E-state index >= 15 is 0 Å². The first-order valence-electron chi connectivity index (χ1n) is 10.7. The Bertz CT molecular complexity index is 1270. The first-order chi connectivity index (χ1) is 15.5. The van der Waals surface area contributed by atoms with E-state index in [1.54, 1.807) is 44.2 Å². The number of aryl methyl sites for hydroxylation is 3. The molecular weight excluding hydrogens is 456 g/mol. The van der Waals surface area contributed by atoms with Gasteiger partial charge in [-0.2, -0.15) is 0 Å². The molecule has 0 aliphatic rings. The highest BCUT2D eigenvalue weighted by molar-refractivity contribution is 7.93. The fourth-order valence-corrected chi connectivity index (χ4v) is 4.78. The second-order valence-corrected chi connectivity index (χ2v) is 11.3. The van der Waals surface area contributed by atoms with Crippen molar-refractivity contribution in [2.24, 2.45) is 0 Å². The zero-order valence-corrected chi connectivity index (χ0v) is 21.1. The van der Waals surface area contributed by atoms with Crippen molar-refractivity contribution in [1.29, 1.82) is 0 Å². The maximum absolute atomic E-state index is 13.1. The van der Waals surface area contributed by atoms with Crippen LogP contribution in [-0.4, -0.2) is 19.6 Å². The van der Waals surface area contributed by atoms with E-state index < -0.39 is 15.3 Å². The van der Waals surface area contributed by atoms with Crippen LogP contribution in [0.5, 0.6) is 0 Å². The van der Waals surface area contributed by atoms with E-state index in [0.717, 1.165) is 22.3 Å². The van der Waals surface area contributed by atoms with Gasteiger partial charge in [-0.1, -0.05) is 35.9 Å². The van der Waals surface area contributed by atoms with Gasteiger partial charge in [-0.05, 0) is 93.3 Å². The maximum Gasteiger partial charge on any atom is 0.255 e. The summed E-state index contributed by atoms with van der Waals surface area (Å²) in [5.74, 6) is -0.248. The summed E-state index contributed by atoms with van der Waals surface area (Å²) in [6, 6.07) is 18.0. The van der Waals surface area contributed by atoms with E-state index in [0.29, 0.717) is 22.0 Å². The largest absolute Gasteiger partial charge is 0.322 e. The Morgan fingerprint density at radius 2 is 1.55 bits per heavy atom. The summed E-state index contributed by atoms with van der Waals surface area (Å²) in [6.45, 7) is 9.38. The van der Waals surface area contributed by atoms with Crippen LogP contribution in [0.15, 0.2) is 60.7 Å².